The SMILES string of the molecule is CC(NC(N)=NCc1nnc2n1CCCCC2)c1ccc(Cl)cc1Cl.I. The van der Waals surface area contributed by atoms with Crippen LogP contribution in [0, 0.1) is 0 Å². The van der Waals surface area contributed by atoms with Crippen LogP contribution in [0.15, 0.2) is 23.2 Å². The largest absolute Gasteiger partial charge is 0.370 e. The smallest absolute Gasteiger partial charge is 0.189 e. The molecule has 0 amide bonds. The predicted octanol–water partition coefficient (Wildman–Crippen LogP) is 4.09. The van der Waals surface area contributed by atoms with Crippen LogP contribution in [0.3, 0.4) is 0 Å². The summed E-state index contributed by atoms with van der Waals surface area (Å²) in [6.45, 7) is 3.34. The number of guanidine groups is 1. The zero-order valence-corrected chi connectivity index (χ0v) is 18.4. The molecule has 0 bridgehead atoms. The molecule has 0 radical (unpaired) electrons. The normalized spacial score (nSPS) is 15.6. The molecule has 0 aliphatic carbocycles. The lowest BCUT2D eigenvalue weighted by Crippen LogP contribution is -2.34. The number of aryl methyl sites for hydroxylation is 1. The van der Waals surface area contributed by atoms with Crippen LogP contribution in [0.4, 0.5) is 0 Å². The average molecular weight is 509 g/mol. The molecule has 1 unspecified atom stereocenters. The van der Waals surface area contributed by atoms with Gasteiger partial charge in [-0.15, -0.1) is 34.2 Å². The number of rotatable bonds is 4. The van der Waals surface area contributed by atoms with E-state index in [1.165, 1.54) is 12.8 Å². The monoisotopic (exact) mass is 508 g/mol. The quantitative estimate of drug-likeness (QED) is 0.370. The van der Waals surface area contributed by atoms with Crippen LogP contribution in [0.1, 0.15) is 49.4 Å². The first-order valence-electron chi connectivity index (χ1n) is 8.47. The number of aromatic nitrogens is 3. The molecule has 9 heteroatoms. The van der Waals surface area contributed by atoms with E-state index in [0.717, 1.165) is 36.6 Å². The van der Waals surface area contributed by atoms with Gasteiger partial charge < -0.3 is 15.6 Å². The van der Waals surface area contributed by atoms with Crippen molar-refractivity contribution in [1.82, 2.24) is 20.1 Å². The van der Waals surface area contributed by atoms with Gasteiger partial charge in [0.25, 0.3) is 0 Å². The van der Waals surface area contributed by atoms with Crippen LogP contribution in [-0.4, -0.2) is 20.7 Å². The molecule has 0 saturated heterocycles. The van der Waals surface area contributed by atoms with Crippen LogP contribution in [0.5, 0.6) is 0 Å². The summed E-state index contributed by atoms with van der Waals surface area (Å²) < 4.78 is 2.17. The number of hydrogen-bond acceptors (Lipinski definition) is 3. The van der Waals surface area contributed by atoms with Crippen molar-refractivity contribution in [1.29, 1.82) is 0 Å². The third-order valence-electron chi connectivity index (χ3n) is 4.37. The Kier molecular flexibility index (Phi) is 7.97. The number of nitrogens with one attached hydrogen (secondary N) is 1. The van der Waals surface area contributed by atoms with E-state index in [2.05, 4.69) is 25.1 Å². The van der Waals surface area contributed by atoms with Gasteiger partial charge in [0, 0.05) is 23.0 Å². The molecule has 2 aromatic rings. The molecule has 0 fully saturated rings. The molecule has 3 N–H and O–H groups in total. The second-order valence-corrected chi connectivity index (χ2v) is 7.07. The van der Waals surface area contributed by atoms with E-state index in [4.69, 9.17) is 28.9 Å². The molecule has 142 valence electrons. The van der Waals surface area contributed by atoms with Crippen LogP contribution >= 0.6 is 47.2 Å². The maximum absolute atomic E-state index is 6.23. The summed E-state index contributed by atoms with van der Waals surface area (Å²) in [5.41, 5.74) is 6.94. The molecule has 1 aliphatic rings. The van der Waals surface area contributed by atoms with Crippen molar-refractivity contribution in [2.45, 2.75) is 51.7 Å². The van der Waals surface area contributed by atoms with E-state index in [9.17, 15) is 0 Å². The highest BCUT2D eigenvalue weighted by Gasteiger charge is 2.15. The van der Waals surface area contributed by atoms with E-state index >= 15 is 0 Å². The fraction of sp³-hybridized carbons (Fsp3) is 0.471. The van der Waals surface area contributed by atoms with Gasteiger partial charge in [0.1, 0.15) is 12.4 Å². The Morgan fingerprint density at radius 3 is 2.88 bits per heavy atom. The molecular formula is C17H23Cl2IN6. The van der Waals surface area contributed by atoms with E-state index in [-0.39, 0.29) is 30.0 Å². The summed E-state index contributed by atoms with van der Waals surface area (Å²) in [5.74, 6) is 2.26. The fourth-order valence-corrected chi connectivity index (χ4v) is 3.59. The number of aliphatic imine (C=N–C) groups is 1. The van der Waals surface area contributed by atoms with E-state index < -0.39 is 0 Å². The first kappa shape index (κ1) is 21.2. The third-order valence-corrected chi connectivity index (χ3v) is 4.93. The molecular weight excluding hydrogens is 486 g/mol. The van der Waals surface area contributed by atoms with Gasteiger partial charge in [-0.3, -0.25) is 0 Å². The zero-order chi connectivity index (χ0) is 17.8. The van der Waals surface area contributed by atoms with Crippen LogP contribution in [-0.2, 0) is 19.5 Å². The fourth-order valence-electron chi connectivity index (χ4n) is 3.02. The van der Waals surface area contributed by atoms with Gasteiger partial charge in [0.15, 0.2) is 11.8 Å². The van der Waals surface area contributed by atoms with Gasteiger partial charge in [-0.2, -0.15) is 0 Å². The van der Waals surface area contributed by atoms with Crippen molar-refractivity contribution in [2.75, 3.05) is 0 Å². The number of fused-ring (bicyclic) bond motifs is 1. The number of benzene rings is 1. The number of nitrogens with zero attached hydrogens (tertiary/aromatic N) is 4. The Labute approximate surface area is 180 Å². The number of hydrogen-bond donors (Lipinski definition) is 2. The molecule has 1 aliphatic heterocycles. The van der Waals surface area contributed by atoms with Crippen molar-refractivity contribution in [3.8, 4) is 0 Å². The molecule has 1 aromatic carbocycles. The highest BCUT2D eigenvalue weighted by Crippen LogP contribution is 2.26. The summed E-state index contributed by atoms with van der Waals surface area (Å²) in [7, 11) is 0. The Morgan fingerprint density at radius 2 is 2.12 bits per heavy atom. The summed E-state index contributed by atoms with van der Waals surface area (Å²) in [6.07, 6.45) is 4.54. The molecule has 26 heavy (non-hydrogen) atoms. The predicted molar refractivity (Wildman–Crippen MR) is 116 cm³/mol. The van der Waals surface area contributed by atoms with E-state index in [1.807, 2.05) is 13.0 Å². The second kappa shape index (κ2) is 9.75. The Balaban J connectivity index is 0.00000243. The molecule has 1 aromatic heterocycles. The first-order chi connectivity index (χ1) is 12.0. The maximum atomic E-state index is 6.23. The van der Waals surface area contributed by atoms with Crippen LogP contribution < -0.4 is 11.1 Å². The molecule has 2 heterocycles. The van der Waals surface area contributed by atoms with Crippen molar-refractivity contribution in [3.63, 3.8) is 0 Å². The number of halogens is 3. The Hall–Kier alpha value is -1.06. The summed E-state index contributed by atoms with van der Waals surface area (Å²) >= 11 is 12.2. The van der Waals surface area contributed by atoms with Gasteiger partial charge in [0.2, 0.25) is 0 Å². The first-order valence-corrected chi connectivity index (χ1v) is 9.22. The highest BCUT2D eigenvalue weighted by atomic mass is 127. The Morgan fingerprint density at radius 1 is 1.31 bits per heavy atom. The zero-order valence-electron chi connectivity index (χ0n) is 14.6. The summed E-state index contributed by atoms with van der Waals surface area (Å²) in [5, 5.41) is 12.9. The highest BCUT2D eigenvalue weighted by molar-refractivity contribution is 14.0. The molecule has 1 atom stereocenters. The lowest BCUT2D eigenvalue weighted by molar-refractivity contribution is 0.605. The molecule has 0 spiro atoms. The molecule has 0 saturated carbocycles. The van der Waals surface area contributed by atoms with Crippen molar-refractivity contribution >= 4 is 53.1 Å². The third kappa shape index (κ3) is 5.23. The minimum absolute atomic E-state index is 0. The lowest BCUT2D eigenvalue weighted by atomic mass is 10.1. The number of nitrogens with two attached hydrogens (primary N) is 1. The van der Waals surface area contributed by atoms with Gasteiger partial charge in [-0.25, -0.2) is 4.99 Å². The maximum Gasteiger partial charge on any atom is 0.189 e. The molecule has 3 rings (SSSR count). The topological polar surface area (TPSA) is 81.1 Å². The minimum Gasteiger partial charge on any atom is -0.370 e. The lowest BCUT2D eigenvalue weighted by Gasteiger charge is -2.16. The van der Waals surface area contributed by atoms with E-state index in [1.54, 1.807) is 12.1 Å². The van der Waals surface area contributed by atoms with Gasteiger partial charge in [-0.05, 0) is 37.5 Å². The van der Waals surface area contributed by atoms with E-state index in [0.29, 0.717) is 22.5 Å². The van der Waals surface area contributed by atoms with Crippen molar-refractivity contribution in [2.24, 2.45) is 10.7 Å². The van der Waals surface area contributed by atoms with Gasteiger partial charge in [-0.1, -0.05) is 35.7 Å². The molecule has 6 nitrogen and oxygen atoms in total. The van der Waals surface area contributed by atoms with Crippen LogP contribution in [0.25, 0.3) is 0 Å². The second-order valence-electron chi connectivity index (χ2n) is 6.23. The van der Waals surface area contributed by atoms with Crippen molar-refractivity contribution in [3.05, 3.63) is 45.5 Å². The summed E-state index contributed by atoms with van der Waals surface area (Å²) in [6, 6.07) is 5.33. The average Bonchev–Trinajstić information content (AvgIpc) is 2.79. The van der Waals surface area contributed by atoms with Gasteiger partial charge in [0.05, 0.1) is 6.04 Å². The minimum atomic E-state index is -0.0796. The Bertz CT molecular complexity index is 777. The van der Waals surface area contributed by atoms with Gasteiger partial charge >= 0.3 is 0 Å². The van der Waals surface area contributed by atoms with Crippen molar-refractivity contribution < 1.29 is 0 Å². The van der Waals surface area contributed by atoms with Crippen LogP contribution in [0.2, 0.25) is 10.0 Å². The summed E-state index contributed by atoms with van der Waals surface area (Å²) in [4.78, 5) is 4.41. The standard InChI is InChI=1S/C17H22Cl2N6.HI/c1-11(13-7-6-12(18)9-14(13)19)22-17(20)21-10-16-24-23-15-5-3-2-4-8-25(15)16;/h6-7,9,11H,2-5,8,10H2,1H3,(H3,20,21,22);1H.